The van der Waals surface area contributed by atoms with E-state index in [1.807, 2.05) is 6.92 Å². The van der Waals surface area contributed by atoms with Crippen molar-refractivity contribution in [2.24, 2.45) is 5.84 Å². The highest BCUT2D eigenvalue weighted by Crippen LogP contribution is 2.23. The lowest BCUT2D eigenvalue weighted by Gasteiger charge is -2.12. The maximum absolute atomic E-state index is 11.4. The lowest BCUT2D eigenvalue weighted by molar-refractivity contribution is 0.0952. The molecule has 2 unspecified atom stereocenters. The highest BCUT2D eigenvalue weighted by atomic mass is 32.2. The van der Waals surface area contributed by atoms with Crippen molar-refractivity contribution in [3.8, 4) is 0 Å². The fraction of sp³-hybridized carbons (Fsp3) is 0.545. The molecular weight excluding hydrogens is 240 g/mol. The first-order chi connectivity index (χ1) is 7.95. The largest absolute Gasteiger partial charge is 0.465 e. The molecule has 96 valence electrons. The minimum Gasteiger partial charge on any atom is -0.465 e. The second kappa shape index (κ2) is 6.09. The zero-order valence-corrected chi connectivity index (χ0v) is 11.0. The zero-order valence-electron chi connectivity index (χ0n) is 10.2. The maximum atomic E-state index is 11.4. The van der Waals surface area contributed by atoms with Gasteiger partial charge in [-0.3, -0.25) is 10.2 Å². The number of nitrogen functional groups attached to an aromatic ring is 1. The number of thioether (sulfide) groups is 1. The number of hydrogen-bond acceptors (Lipinski definition) is 5. The van der Waals surface area contributed by atoms with Crippen molar-refractivity contribution in [2.45, 2.75) is 37.9 Å². The van der Waals surface area contributed by atoms with Gasteiger partial charge in [0.2, 0.25) is 0 Å². The number of rotatable bonds is 5. The Morgan fingerprint density at radius 3 is 2.82 bits per heavy atom. The van der Waals surface area contributed by atoms with Gasteiger partial charge in [0.15, 0.2) is 0 Å². The second-order valence-corrected chi connectivity index (χ2v) is 5.28. The second-order valence-electron chi connectivity index (χ2n) is 3.91. The number of aliphatic hydroxyl groups excluding tert-OH is 1. The van der Waals surface area contributed by atoms with Gasteiger partial charge in [0.05, 0.1) is 17.4 Å². The third-order valence-electron chi connectivity index (χ3n) is 2.51. The Morgan fingerprint density at radius 1 is 1.65 bits per heavy atom. The van der Waals surface area contributed by atoms with Crippen LogP contribution in [0.1, 0.15) is 35.7 Å². The van der Waals surface area contributed by atoms with E-state index in [1.165, 1.54) is 0 Å². The van der Waals surface area contributed by atoms with E-state index < -0.39 is 0 Å². The summed E-state index contributed by atoms with van der Waals surface area (Å²) < 4.78 is 5.45. The predicted octanol–water partition coefficient (Wildman–Crippen LogP) is 1.19. The summed E-state index contributed by atoms with van der Waals surface area (Å²) in [6, 6.07) is 1.68. The SMILES string of the molecule is Cc1oc(CSC(C)C(C)O)cc1C(=O)NN. The van der Waals surface area contributed by atoms with Crippen molar-refractivity contribution in [1.29, 1.82) is 0 Å². The average Bonchev–Trinajstić information content (AvgIpc) is 2.66. The number of carbonyl (C=O) groups is 1. The van der Waals surface area contributed by atoms with Crippen LogP contribution in [0.25, 0.3) is 0 Å². The van der Waals surface area contributed by atoms with Crippen LogP contribution in [0.4, 0.5) is 0 Å². The standard InChI is InChI=1S/C11H18N2O3S/c1-6(14)8(3)17-5-9-4-10(7(2)16-9)11(15)13-12/h4,6,8,14H,5,12H2,1-3H3,(H,13,15). The summed E-state index contributed by atoms with van der Waals surface area (Å²) in [5.74, 6) is 6.58. The number of hydrogen-bond donors (Lipinski definition) is 3. The van der Waals surface area contributed by atoms with E-state index in [1.54, 1.807) is 31.7 Å². The van der Waals surface area contributed by atoms with Crippen LogP contribution in [0, 0.1) is 6.92 Å². The smallest absolute Gasteiger partial charge is 0.268 e. The van der Waals surface area contributed by atoms with Gasteiger partial charge in [-0.2, -0.15) is 0 Å². The van der Waals surface area contributed by atoms with Crippen molar-refractivity contribution in [2.75, 3.05) is 0 Å². The molecule has 0 aromatic carbocycles. The molecule has 1 heterocycles. The molecule has 1 aromatic heterocycles. The molecule has 0 aliphatic carbocycles. The summed E-state index contributed by atoms with van der Waals surface area (Å²) in [5.41, 5.74) is 2.52. The quantitative estimate of drug-likeness (QED) is 0.419. The topological polar surface area (TPSA) is 88.5 Å². The number of furan rings is 1. The molecule has 0 fully saturated rings. The first-order valence-electron chi connectivity index (χ1n) is 5.35. The Balaban J connectivity index is 2.65. The van der Waals surface area contributed by atoms with E-state index in [0.717, 1.165) is 0 Å². The van der Waals surface area contributed by atoms with E-state index >= 15 is 0 Å². The molecular formula is C11H18N2O3S. The summed E-state index contributed by atoms with van der Waals surface area (Å²) in [7, 11) is 0. The number of amides is 1. The third kappa shape index (κ3) is 3.76. The lowest BCUT2D eigenvalue weighted by Crippen LogP contribution is -2.30. The molecule has 0 saturated heterocycles. The van der Waals surface area contributed by atoms with E-state index in [2.05, 4.69) is 5.43 Å². The molecule has 1 aromatic rings. The summed E-state index contributed by atoms with van der Waals surface area (Å²) in [6.45, 7) is 5.41. The molecule has 0 saturated carbocycles. The maximum Gasteiger partial charge on any atom is 0.268 e. The number of aliphatic hydroxyl groups is 1. The van der Waals surface area contributed by atoms with Crippen molar-refractivity contribution >= 4 is 17.7 Å². The van der Waals surface area contributed by atoms with Crippen LogP contribution in [-0.2, 0) is 5.75 Å². The van der Waals surface area contributed by atoms with Gasteiger partial charge < -0.3 is 9.52 Å². The summed E-state index contributed by atoms with van der Waals surface area (Å²) in [6.07, 6.45) is -0.372. The Labute approximate surface area is 105 Å². The Bertz CT molecular complexity index is 390. The Kier molecular flexibility index (Phi) is 5.04. The first kappa shape index (κ1) is 14.1. The highest BCUT2D eigenvalue weighted by molar-refractivity contribution is 7.99. The molecule has 0 radical (unpaired) electrons. The van der Waals surface area contributed by atoms with Crippen LogP contribution in [0.3, 0.4) is 0 Å². The third-order valence-corrected chi connectivity index (χ3v) is 3.88. The summed E-state index contributed by atoms with van der Waals surface area (Å²) in [5, 5.41) is 9.47. The first-order valence-corrected chi connectivity index (χ1v) is 6.40. The van der Waals surface area contributed by atoms with Crippen LogP contribution in [0.5, 0.6) is 0 Å². The van der Waals surface area contributed by atoms with E-state index in [9.17, 15) is 9.90 Å². The number of carbonyl (C=O) groups excluding carboxylic acids is 1. The van der Waals surface area contributed by atoms with Crippen LogP contribution < -0.4 is 11.3 Å². The summed E-state index contributed by atoms with van der Waals surface area (Å²) in [4.78, 5) is 11.4. The van der Waals surface area contributed by atoms with Gasteiger partial charge in [-0.15, -0.1) is 11.8 Å². The molecule has 0 aliphatic rings. The molecule has 1 rings (SSSR count). The number of aryl methyl sites for hydroxylation is 1. The monoisotopic (exact) mass is 258 g/mol. The molecule has 0 bridgehead atoms. The molecule has 17 heavy (non-hydrogen) atoms. The van der Waals surface area contributed by atoms with Gasteiger partial charge in [0.25, 0.3) is 5.91 Å². The van der Waals surface area contributed by atoms with Crippen LogP contribution in [0.15, 0.2) is 10.5 Å². The van der Waals surface area contributed by atoms with E-state index in [0.29, 0.717) is 22.8 Å². The Hall–Kier alpha value is -0.980. The summed E-state index contributed by atoms with van der Waals surface area (Å²) >= 11 is 1.57. The van der Waals surface area contributed by atoms with Crippen LogP contribution in [0.2, 0.25) is 0 Å². The predicted molar refractivity (Wildman–Crippen MR) is 67.5 cm³/mol. The van der Waals surface area contributed by atoms with Crippen LogP contribution >= 0.6 is 11.8 Å². The van der Waals surface area contributed by atoms with Crippen LogP contribution in [-0.4, -0.2) is 22.4 Å². The molecule has 4 N–H and O–H groups in total. The van der Waals surface area contributed by atoms with Crippen molar-refractivity contribution in [1.82, 2.24) is 5.43 Å². The number of nitrogens with two attached hydrogens (primary N) is 1. The van der Waals surface area contributed by atoms with Gasteiger partial charge in [-0.25, -0.2) is 5.84 Å². The fourth-order valence-corrected chi connectivity index (χ4v) is 2.12. The molecule has 1 amide bonds. The molecule has 2 atom stereocenters. The van der Waals surface area contributed by atoms with Gasteiger partial charge in [0, 0.05) is 5.25 Å². The lowest BCUT2D eigenvalue weighted by atomic mass is 10.2. The molecule has 6 heteroatoms. The van der Waals surface area contributed by atoms with E-state index in [4.69, 9.17) is 10.3 Å². The van der Waals surface area contributed by atoms with E-state index in [-0.39, 0.29) is 17.3 Å². The van der Waals surface area contributed by atoms with Gasteiger partial charge in [-0.05, 0) is 19.9 Å². The highest BCUT2D eigenvalue weighted by Gasteiger charge is 2.15. The number of hydrazine groups is 1. The number of nitrogens with one attached hydrogen (secondary N) is 1. The van der Waals surface area contributed by atoms with Gasteiger partial charge >= 0.3 is 0 Å². The van der Waals surface area contributed by atoms with Gasteiger partial charge in [-0.1, -0.05) is 6.92 Å². The molecule has 5 nitrogen and oxygen atoms in total. The Morgan fingerprint density at radius 2 is 2.29 bits per heavy atom. The van der Waals surface area contributed by atoms with Gasteiger partial charge in [0.1, 0.15) is 11.5 Å². The average molecular weight is 258 g/mol. The normalized spacial score (nSPS) is 14.4. The van der Waals surface area contributed by atoms with Crippen molar-refractivity contribution < 1.29 is 14.3 Å². The molecule has 0 aliphatic heterocycles. The minimum absolute atomic E-state index is 0.118. The fourth-order valence-electron chi connectivity index (χ4n) is 1.27. The van der Waals surface area contributed by atoms with Crippen molar-refractivity contribution in [3.05, 3.63) is 23.2 Å². The minimum atomic E-state index is -0.372. The van der Waals surface area contributed by atoms with Crippen molar-refractivity contribution in [3.63, 3.8) is 0 Å². The molecule has 0 spiro atoms. The zero-order chi connectivity index (χ0) is 13.0.